The van der Waals surface area contributed by atoms with Crippen molar-refractivity contribution in [2.24, 2.45) is 0 Å². The van der Waals surface area contributed by atoms with Gasteiger partial charge in [0.1, 0.15) is 6.61 Å². The van der Waals surface area contributed by atoms with Crippen molar-refractivity contribution in [2.75, 3.05) is 6.61 Å². The van der Waals surface area contributed by atoms with Crippen molar-refractivity contribution in [3.8, 4) is 11.5 Å². The Labute approximate surface area is 205 Å². The first-order valence-electron chi connectivity index (χ1n) is 10.8. The van der Waals surface area contributed by atoms with Gasteiger partial charge < -0.3 is 14.8 Å². The standard InChI is InChI=1S/C26H28Cl3NO2/c1-3-31-25-14-21(16-30-18(2)9-10-19-7-5-4-6-8-19)23(28)15-26(25)32-17-20-11-12-22(27)24(29)13-20/h4-8,11-15,18,30H,3,9-10,16-17H2,1-2H3. The second-order valence-electron chi connectivity index (χ2n) is 7.67. The van der Waals surface area contributed by atoms with Crippen LogP contribution in [-0.4, -0.2) is 12.6 Å². The summed E-state index contributed by atoms with van der Waals surface area (Å²) in [5.74, 6) is 1.27. The lowest BCUT2D eigenvalue weighted by Gasteiger charge is -2.18. The molecule has 32 heavy (non-hydrogen) atoms. The molecule has 0 heterocycles. The summed E-state index contributed by atoms with van der Waals surface area (Å²) in [5, 5.41) is 5.22. The van der Waals surface area contributed by atoms with Crippen molar-refractivity contribution < 1.29 is 9.47 Å². The van der Waals surface area contributed by atoms with Gasteiger partial charge in [-0.2, -0.15) is 0 Å². The van der Waals surface area contributed by atoms with Gasteiger partial charge in [-0.1, -0.05) is 71.2 Å². The van der Waals surface area contributed by atoms with Gasteiger partial charge in [-0.05, 0) is 61.6 Å². The van der Waals surface area contributed by atoms with Crippen LogP contribution in [0.3, 0.4) is 0 Å². The number of ether oxygens (including phenoxy) is 2. The zero-order chi connectivity index (χ0) is 22.9. The Kier molecular flexibility index (Phi) is 9.55. The second kappa shape index (κ2) is 12.4. The molecule has 1 atom stereocenters. The maximum Gasteiger partial charge on any atom is 0.163 e. The van der Waals surface area contributed by atoms with E-state index in [0.29, 0.717) is 52.4 Å². The van der Waals surface area contributed by atoms with E-state index in [-0.39, 0.29) is 0 Å². The lowest BCUT2D eigenvalue weighted by Crippen LogP contribution is -2.26. The molecule has 3 nitrogen and oxygen atoms in total. The normalized spacial score (nSPS) is 11.9. The van der Waals surface area contributed by atoms with Crippen molar-refractivity contribution in [3.63, 3.8) is 0 Å². The predicted molar refractivity (Wildman–Crippen MR) is 134 cm³/mol. The summed E-state index contributed by atoms with van der Waals surface area (Å²) in [5.41, 5.74) is 3.24. The molecule has 6 heteroatoms. The van der Waals surface area contributed by atoms with E-state index in [1.54, 1.807) is 12.1 Å². The fourth-order valence-corrected chi connectivity index (χ4v) is 3.84. The molecule has 0 saturated carbocycles. The third-order valence-electron chi connectivity index (χ3n) is 5.14. The average Bonchev–Trinajstić information content (AvgIpc) is 2.79. The van der Waals surface area contributed by atoms with Crippen molar-refractivity contribution in [2.45, 2.75) is 45.9 Å². The molecule has 0 fully saturated rings. The number of rotatable bonds is 11. The lowest BCUT2D eigenvalue weighted by molar-refractivity contribution is 0.269. The van der Waals surface area contributed by atoms with Gasteiger partial charge in [0.15, 0.2) is 11.5 Å². The number of hydrogen-bond acceptors (Lipinski definition) is 3. The molecule has 0 bridgehead atoms. The summed E-state index contributed by atoms with van der Waals surface area (Å²) in [6, 6.07) is 20.1. The van der Waals surface area contributed by atoms with E-state index in [1.165, 1.54) is 5.56 Å². The van der Waals surface area contributed by atoms with Crippen LogP contribution in [0.4, 0.5) is 0 Å². The number of hydrogen-bond donors (Lipinski definition) is 1. The summed E-state index contributed by atoms with van der Waals surface area (Å²) in [4.78, 5) is 0. The summed E-state index contributed by atoms with van der Waals surface area (Å²) in [7, 11) is 0. The summed E-state index contributed by atoms with van der Waals surface area (Å²) >= 11 is 18.7. The SMILES string of the molecule is CCOc1cc(CNC(C)CCc2ccccc2)c(Cl)cc1OCc1ccc(Cl)c(Cl)c1. The van der Waals surface area contributed by atoms with Gasteiger partial charge in [-0.3, -0.25) is 0 Å². The van der Waals surface area contributed by atoms with Crippen molar-refractivity contribution in [3.05, 3.63) is 92.4 Å². The highest BCUT2D eigenvalue weighted by molar-refractivity contribution is 6.42. The maximum atomic E-state index is 6.57. The highest BCUT2D eigenvalue weighted by Gasteiger charge is 2.13. The first-order valence-corrected chi connectivity index (χ1v) is 11.9. The molecule has 3 rings (SSSR count). The Hall–Kier alpha value is -1.91. The topological polar surface area (TPSA) is 30.5 Å². The Morgan fingerprint density at radius 3 is 2.28 bits per heavy atom. The Morgan fingerprint density at radius 2 is 1.56 bits per heavy atom. The minimum absolute atomic E-state index is 0.335. The lowest BCUT2D eigenvalue weighted by atomic mass is 10.1. The molecule has 0 aromatic heterocycles. The van der Waals surface area contributed by atoms with E-state index in [9.17, 15) is 0 Å². The fourth-order valence-electron chi connectivity index (χ4n) is 3.30. The van der Waals surface area contributed by atoms with E-state index in [4.69, 9.17) is 44.3 Å². The third kappa shape index (κ3) is 7.31. The highest BCUT2D eigenvalue weighted by Crippen LogP contribution is 2.34. The van der Waals surface area contributed by atoms with Crippen LogP contribution in [0.5, 0.6) is 11.5 Å². The van der Waals surface area contributed by atoms with Crippen LogP contribution in [0.2, 0.25) is 15.1 Å². The maximum absolute atomic E-state index is 6.57. The molecule has 0 aliphatic rings. The molecule has 3 aromatic carbocycles. The molecule has 170 valence electrons. The van der Waals surface area contributed by atoms with Crippen molar-refractivity contribution in [1.82, 2.24) is 5.32 Å². The number of aryl methyl sites for hydroxylation is 1. The van der Waals surface area contributed by atoms with Crippen LogP contribution in [0.15, 0.2) is 60.7 Å². The van der Waals surface area contributed by atoms with Crippen molar-refractivity contribution in [1.29, 1.82) is 0 Å². The quantitative estimate of drug-likeness (QED) is 0.297. The zero-order valence-electron chi connectivity index (χ0n) is 18.3. The van der Waals surface area contributed by atoms with Gasteiger partial charge in [-0.25, -0.2) is 0 Å². The van der Waals surface area contributed by atoms with E-state index >= 15 is 0 Å². The molecule has 1 unspecified atom stereocenters. The van der Waals surface area contributed by atoms with Crippen LogP contribution < -0.4 is 14.8 Å². The van der Waals surface area contributed by atoms with Gasteiger partial charge >= 0.3 is 0 Å². The zero-order valence-corrected chi connectivity index (χ0v) is 20.6. The molecule has 0 amide bonds. The van der Waals surface area contributed by atoms with Gasteiger partial charge in [-0.15, -0.1) is 0 Å². The second-order valence-corrected chi connectivity index (χ2v) is 8.89. The highest BCUT2D eigenvalue weighted by atomic mass is 35.5. The molecule has 0 saturated heterocycles. The van der Waals surface area contributed by atoms with E-state index in [0.717, 1.165) is 24.0 Å². The fraction of sp³-hybridized carbons (Fsp3) is 0.308. The largest absolute Gasteiger partial charge is 0.490 e. The minimum atomic E-state index is 0.335. The number of halogens is 3. The number of nitrogens with one attached hydrogen (secondary N) is 1. The predicted octanol–water partition coefficient (Wildman–Crippen LogP) is 7.74. The summed E-state index contributed by atoms with van der Waals surface area (Å²) < 4.78 is 11.8. The summed E-state index contributed by atoms with van der Waals surface area (Å²) in [6.07, 6.45) is 2.08. The molecular weight excluding hydrogens is 465 g/mol. The summed E-state index contributed by atoms with van der Waals surface area (Å²) in [6.45, 7) is 5.66. The van der Waals surface area contributed by atoms with Crippen molar-refractivity contribution >= 4 is 34.8 Å². The molecule has 0 spiro atoms. The van der Waals surface area contributed by atoms with Crippen LogP contribution in [0.1, 0.15) is 37.0 Å². The molecular formula is C26H28Cl3NO2. The molecule has 1 N–H and O–H groups in total. The number of benzene rings is 3. The first kappa shape index (κ1) is 24.7. The Morgan fingerprint density at radius 1 is 0.812 bits per heavy atom. The Bertz CT molecular complexity index is 1010. The monoisotopic (exact) mass is 491 g/mol. The van der Waals surface area contributed by atoms with Crippen LogP contribution in [0.25, 0.3) is 0 Å². The molecule has 0 aliphatic heterocycles. The van der Waals surface area contributed by atoms with E-state index in [1.807, 2.05) is 31.2 Å². The minimum Gasteiger partial charge on any atom is -0.490 e. The first-order chi connectivity index (χ1) is 15.5. The molecule has 0 radical (unpaired) electrons. The van der Waals surface area contributed by atoms with Crippen LogP contribution in [0, 0.1) is 0 Å². The van der Waals surface area contributed by atoms with Gasteiger partial charge in [0.05, 0.1) is 16.7 Å². The van der Waals surface area contributed by atoms with Gasteiger partial charge in [0.25, 0.3) is 0 Å². The van der Waals surface area contributed by atoms with E-state index < -0.39 is 0 Å². The average molecular weight is 493 g/mol. The molecule has 3 aromatic rings. The van der Waals surface area contributed by atoms with Crippen LogP contribution >= 0.6 is 34.8 Å². The van der Waals surface area contributed by atoms with Crippen LogP contribution in [-0.2, 0) is 19.6 Å². The third-order valence-corrected chi connectivity index (χ3v) is 6.23. The Balaban J connectivity index is 1.61. The van der Waals surface area contributed by atoms with E-state index in [2.05, 4.69) is 36.5 Å². The molecule has 0 aliphatic carbocycles. The smallest absolute Gasteiger partial charge is 0.163 e. The van der Waals surface area contributed by atoms with Gasteiger partial charge in [0.2, 0.25) is 0 Å². The van der Waals surface area contributed by atoms with Gasteiger partial charge in [0, 0.05) is 23.7 Å².